The molecule has 4 nitrogen and oxygen atoms in total. The van der Waals surface area contributed by atoms with Crippen molar-refractivity contribution >= 4 is 22.4 Å². The minimum absolute atomic E-state index is 0.299. The molecule has 0 aliphatic heterocycles. The van der Waals surface area contributed by atoms with E-state index in [0.29, 0.717) is 25.3 Å². The molecule has 1 N–H and O–H groups in total. The van der Waals surface area contributed by atoms with E-state index in [0.717, 1.165) is 17.0 Å². The van der Waals surface area contributed by atoms with Gasteiger partial charge < -0.3 is 14.8 Å². The second-order valence-electron chi connectivity index (χ2n) is 5.85. The Morgan fingerprint density at radius 2 is 1.69 bits per heavy atom. The van der Waals surface area contributed by atoms with Gasteiger partial charge in [0.2, 0.25) is 0 Å². The normalized spacial score (nSPS) is 10.5. The molecule has 3 aromatic carbocycles. The maximum absolute atomic E-state index is 11.7. The minimum atomic E-state index is -0.299. The first-order valence-electron chi connectivity index (χ1n) is 8.87. The monoisotopic (exact) mass is 349 g/mol. The maximum Gasteiger partial charge on any atom is 0.338 e. The van der Waals surface area contributed by atoms with Crippen LogP contribution in [-0.2, 0) is 11.3 Å². The molecule has 0 spiro atoms. The molecule has 0 saturated carbocycles. The zero-order valence-electron chi connectivity index (χ0n) is 15.1. The van der Waals surface area contributed by atoms with E-state index < -0.39 is 0 Å². The van der Waals surface area contributed by atoms with Crippen molar-refractivity contribution in [3.8, 4) is 5.75 Å². The van der Waals surface area contributed by atoms with Crippen LogP contribution < -0.4 is 10.1 Å². The third-order valence-electron chi connectivity index (χ3n) is 4.16. The Morgan fingerprint density at radius 3 is 2.42 bits per heavy atom. The molecule has 0 aliphatic carbocycles. The topological polar surface area (TPSA) is 47.6 Å². The highest BCUT2D eigenvalue weighted by Crippen LogP contribution is 2.29. The summed E-state index contributed by atoms with van der Waals surface area (Å²) in [6, 6.07) is 19.7. The van der Waals surface area contributed by atoms with Crippen molar-refractivity contribution in [2.75, 3.05) is 18.5 Å². The molecule has 0 unspecified atom stereocenters. The van der Waals surface area contributed by atoms with Gasteiger partial charge in [-0.05, 0) is 55.0 Å². The summed E-state index contributed by atoms with van der Waals surface area (Å²) in [5.74, 6) is 0.591. The molecule has 3 aromatic rings. The zero-order chi connectivity index (χ0) is 18.4. The van der Waals surface area contributed by atoms with Crippen molar-refractivity contribution in [2.24, 2.45) is 0 Å². The minimum Gasteiger partial charge on any atom is -0.494 e. The number of nitrogens with one attached hydrogen (secondary N) is 1. The number of esters is 1. The fourth-order valence-corrected chi connectivity index (χ4v) is 2.92. The Kier molecular flexibility index (Phi) is 5.74. The van der Waals surface area contributed by atoms with E-state index in [1.54, 1.807) is 19.1 Å². The first-order valence-corrected chi connectivity index (χ1v) is 8.87. The molecular weight excluding hydrogens is 326 g/mol. The molecule has 0 radical (unpaired) electrons. The molecule has 0 saturated heterocycles. The number of anilines is 1. The van der Waals surface area contributed by atoms with Gasteiger partial charge in [-0.25, -0.2) is 4.79 Å². The second kappa shape index (κ2) is 8.39. The number of hydrogen-bond donors (Lipinski definition) is 1. The van der Waals surface area contributed by atoms with Gasteiger partial charge in [0.15, 0.2) is 0 Å². The summed E-state index contributed by atoms with van der Waals surface area (Å²) >= 11 is 0. The molecule has 0 amide bonds. The van der Waals surface area contributed by atoms with Gasteiger partial charge in [0.1, 0.15) is 5.75 Å². The van der Waals surface area contributed by atoms with Crippen LogP contribution >= 0.6 is 0 Å². The number of carbonyl (C=O) groups excluding carboxylic acids is 1. The van der Waals surface area contributed by atoms with Crippen molar-refractivity contribution < 1.29 is 14.3 Å². The molecule has 3 rings (SSSR count). The number of ether oxygens (including phenoxy) is 2. The number of carbonyl (C=O) groups is 1. The predicted octanol–water partition coefficient (Wildman–Crippen LogP) is 5.03. The van der Waals surface area contributed by atoms with E-state index >= 15 is 0 Å². The van der Waals surface area contributed by atoms with Gasteiger partial charge in [-0.15, -0.1) is 0 Å². The molecule has 0 aromatic heterocycles. The summed E-state index contributed by atoms with van der Waals surface area (Å²) in [5.41, 5.74) is 2.62. The van der Waals surface area contributed by atoms with Gasteiger partial charge in [0, 0.05) is 17.8 Å². The Bertz CT molecular complexity index is 888. The molecule has 134 valence electrons. The third-order valence-corrected chi connectivity index (χ3v) is 4.16. The quantitative estimate of drug-likeness (QED) is 0.608. The fourth-order valence-electron chi connectivity index (χ4n) is 2.92. The van der Waals surface area contributed by atoms with E-state index in [-0.39, 0.29) is 5.97 Å². The van der Waals surface area contributed by atoms with E-state index in [1.165, 1.54) is 10.8 Å². The molecule has 0 aliphatic rings. The SMILES string of the molecule is CCOC(=O)c1ccc(NCc2c(OCC)ccc3ccccc23)cc1. The molecule has 26 heavy (non-hydrogen) atoms. The molecule has 0 bridgehead atoms. The van der Waals surface area contributed by atoms with Crippen LogP contribution in [0.1, 0.15) is 29.8 Å². The highest BCUT2D eigenvalue weighted by atomic mass is 16.5. The lowest BCUT2D eigenvalue weighted by Crippen LogP contribution is -2.06. The number of fused-ring (bicyclic) bond motifs is 1. The fraction of sp³-hybridized carbons (Fsp3) is 0.227. The maximum atomic E-state index is 11.7. The van der Waals surface area contributed by atoms with E-state index in [2.05, 4.69) is 23.5 Å². The number of benzene rings is 3. The van der Waals surface area contributed by atoms with Crippen LogP contribution in [0, 0.1) is 0 Å². The molecule has 0 fully saturated rings. The van der Waals surface area contributed by atoms with Crippen LogP contribution in [0.25, 0.3) is 10.8 Å². The molecule has 4 heteroatoms. The van der Waals surface area contributed by atoms with Crippen LogP contribution in [-0.4, -0.2) is 19.2 Å². The average Bonchev–Trinajstić information content (AvgIpc) is 2.68. The van der Waals surface area contributed by atoms with Crippen molar-refractivity contribution in [2.45, 2.75) is 20.4 Å². The molecule has 0 heterocycles. The smallest absolute Gasteiger partial charge is 0.338 e. The summed E-state index contributed by atoms with van der Waals surface area (Å²) in [5, 5.41) is 5.78. The van der Waals surface area contributed by atoms with Gasteiger partial charge in [-0.1, -0.05) is 30.3 Å². The van der Waals surface area contributed by atoms with Gasteiger partial charge >= 0.3 is 5.97 Å². The van der Waals surface area contributed by atoms with E-state index in [4.69, 9.17) is 9.47 Å². The Balaban J connectivity index is 1.80. The standard InChI is InChI=1S/C22H23NO3/c1-3-25-21-14-11-16-7-5-6-8-19(16)20(21)15-23-18-12-9-17(10-13-18)22(24)26-4-2/h5-14,23H,3-4,15H2,1-2H3. The number of rotatable bonds is 7. The van der Waals surface area contributed by atoms with Crippen LogP contribution in [0.15, 0.2) is 60.7 Å². The van der Waals surface area contributed by atoms with Crippen LogP contribution in [0.3, 0.4) is 0 Å². The van der Waals surface area contributed by atoms with Crippen molar-refractivity contribution in [3.05, 3.63) is 71.8 Å². The van der Waals surface area contributed by atoms with Gasteiger partial charge in [0.05, 0.1) is 18.8 Å². The highest BCUT2D eigenvalue weighted by Gasteiger charge is 2.09. The van der Waals surface area contributed by atoms with Gasteiger partial charge in [0.25, 0.3) is 0 Å². The van der Waals surface area contributed by atoms with E-state index in [9.17, 15) is 4.79 Å². The number of hydrogen-bond acceptors (Lipinski definition) is 4. The Hall–Kier alpha value is -3.01. The lowest BCUT2D eigenvalue weighted by Gasteiger charge is -2.15. The predicted molar refractivity (Wildman–Crippen MR) is 105 cm³/mol. The summed E-state index contributed by atoms with van der Waals surface area (Å²) < 4.78 is 10.8. The Morgan fingerprint density at radius 1 is 0.923 bits per heavy atom. The molecular formula is C22H23NO3. The van der Waals surface area contributed by atoms with Crippen molar-refractivity contribution in [3.63, 3.8) is 0 Å². The van der Waals surface area contributed by atoms with E-state index in [1.807, 2.05) is 37.3 Å². The average molecular weight is 349 g/mol. The highest BCUT2D eigenvalue weighted by molar-refractivity contribution is 5.90. The van der Waals surface area contributed by atoms with Crippen LogP contribution in [0.5, 0.6) is 5.75 Å². The summed E-state index contributed by atoms with van der Waals surface area (Å²) in [7, 11) is 0. The first-order chi connectivity index (χ1) is 12.7. The third kappa shape index (κ3) is 3.97. The lowest BCUT2D eigenvalue weighted by molar-refractivity contribution is 0.0526. The summed E-state index contributed by atoms with van der Waals surface area (Å²) in [6.07, 6.45) is 0. The zero-order valence-corrected chi connectivity index (χ0v) is 15.1. The molecule has 0 atom stereocenters. The second-order valence-corrected chi connectivity index (χ2v) is 5.85. The van der Waals surface area contributed by atoms with Crippen LogP contribution in [0.4, 0.5) is 5.69 Å². The van der Waals surface area contributed by atoms with Crippen molar-refractivity contribution in [1.82, 2.24) is 0 Å². The largest absolute Gasteiger partial charge is 0.494 e. The van der Waals surface area contributed by atoms with Crippen molar-refractivity contribution in [1.29, 1.82) is 0 Å². The van der Waals surface area contributed by atoms with Gasteiger partial charge in [-0.2, -0.15) is 0 Å². The lowest BCUT2D eigenvalue weighted by atomic mass is 10.0. The Labute approximate surface area is 153 Å². The summed E-state index contributed by atoms with van der Waals surface area (Å²) in [6.45, 7) is 5.42. The van der Waals surface area contributed by atoms with Crippen LogP contribution in [0.2, 0.25) is 0 Å². The first kappa shape index (κ1) is 17.8. The summed E-state index contributed by atoms with van der Waals surface area (Å²) in [4.78, 5) is 11.7. The van der Waals surface area contributed by atoms with Gasteiger partial charge in [-0.3, -0.25) is 0 Å².